The van der Waals surface area contributed by atoms with Gasteiger partial charge in [0.15, 0.2) is 0 Å². The van der Waals surface area contributed by atoms with Crippen molar-refractivity contribution in [3.63, 3.8) is 0 Å². The van der Waals surface area contributed by atoms with Gasteiger partial charge in [-0.1, -0.05) is 12.1 Å². The molecule has 0 saturated heterocycles. The van der Waals surface area contributed by atoms with Gasteiger partial charge in [-0.25, -0.2) is 4.98 Å². The fourth-order valence-corrected chi connectivity index (χ4v) is 2.55. The lowest BCUT2D eigenvalue weighted by Crippen LogP contribution is -2.42. The Bertz CT molecular complexity index is 545. The molecular weight excluding hydrogens is 226 g/mol. The minimum Gasteiger partial charge on any atom is -0.394 e. The molecule has 0 fully saturated rings. The third-order valence-corrected chi connectivity index (χ3v) is 3.34. The fourth-order valence-electron chi connectivity index (χ4n) is 2.55. The topological polar surface area (TPSA) is 64.1 Å². The minimum absolute atomic E-state index is 0.0109. The Labute approximate surface area is 107 Å². The number of para-hydroxylation sites is 2. The Balaban J connectivity index is 2.38. The highest BCUT2D eigenvalue weighted by molar-refractivity contribution is 5.76. The van der Waals surface area contributed by atoms with Gasteiger partial charge in [-0.15, -0.1) is 0 Å². The fraction of sp³-hybridized carbons (Fsp3) is 0.500. The molecule has 2 unspecified atom stereocenters. The Morgan fingerprint density at radius 1 is 1.44 bits per heavy atom. The summed E-state index contributed by atoms with van der Waals surface area (Å²) in [6.45, 7) is 5.98. The molecule has 2 atom stereocenters. The van der Waals surface area contributed by atoms with Gasteiger partial charge < -0.3 is 15.4 Å². The van der Waals surface area contributed by atoms with Gasteiger partial charge in [0.25, 0.3) is 0 Å². The number of fused-ring (bicyclic) bond motifs is 1. The Morgan fingerprint density at radius 3 is 2.78 bits per heavy atom. The molecule has 4 nitrogen and oxygen atoms in total. The van der Waals surface area contributed by atoms with E-state index in [-0.39, 0.29) is 12.6 Å². The second kappa shape index (κ2) is 4.71. The van der Waals surface area contributed by atoms with E-state index in [0.717, 1.165) is 16.9 Å². The number of hydrogen-bond donors (Lipinski definition) is 2. The number of benzene rings is 1. The van der Waals surface area contributed by atoms with Crippen LogP contribution in [-0.2, 0) is 0 Å². The molecule has 1 aromatic heterocycles. The zero-order valence-electron chi connectivity index (χ0n) is 11.2. The summed E-state index contributed by atoms with van der Waals surface area (Å²) in [5.41, 5.74) is 7.60. The largest absolute Gasteiger partial charge is 0.394 e. The van der Waals surface area contributed by atoms with Crippen LogP contribution in [0.15, 0.2) is 24.3 Å². The molecular formula is C14H21N3O. The number of hydrogen-bond acceptors (Lipinski definition) is 3. The third kappa shape index (κ3) is 2.40. The highest BCUT2D eigenvalue weighted by atomic mass is 16.3. The molecule has 0 aliphatic heterocycles. The maximum Gasteiger partial charge on any atom is 0.106 e. The molecule has 2 rings (SSSR count). The van der Waals surface area contributed by atoms with Crippen LogP contribution in [0, 0.1) is 6.92 Å². The summed E-state index contributed by atoms with van der Waals surface area (Å²) in [4.78, 5) is 4.55. The van der Waals surface area contributed by atoms with Crippen molar-refractivity contribution in [2.45, 2.75) is 38.8 Å². The van der Waals surface area contributed by atoms with Crippen LogP contribution in [0.2, 0.25) is 0 Å². The van der Waals surface area contributed by atoms with Crippen molar-refractivity contribution in [2.24, 2.45) is 5.73 Å². The van der Waals surface area contributed by atoms with E-state index in [4.69, 9.17) is 5.73 Å². The lowest BCUT2D eigenvalue weighted by molar-refractivity contribution is 0.185. The molecule has 0 bridgehead atoms. The first kappa shape index (κ1) is 13.1. The highest BCUT2D eigenvalue weighted by Crippen LogP contribution is 2.25. The number of nitrogens with two attached hydrogens (primary N) is 1. The molecule has 0 radical (unpaired) electrons. The van der Waals surface area contributed by atoms with E-state index in [1.54, 1.807) is 0 Å². The smallest absolute Gasteiger partial charge is 0.106 e. The van der Waals surface area contributed by atoms with Crippen LogP contribution in [0.4, 0.5) is 0 Å². The summed E-state index contributed by atoms with van der Waals surface area (Å²) in [7, 11) is 0. The van der Waals surface area contributed by atoms with Gasteiger partial charge in [-0.05, 0) is 39.3 Å². The monoisotopic (exact) mass is 247 g/mol. The first-order chi connectivity index (χ1) is 8.44. The van der Waals surface area contributed by atoms with Crippen molar-refractivity contribution >= 4 is 11.0 Å². The third-order valence-electron chi connectivity index (χ3n) is 3.34. The van der Waals surface area contributed by atoms with Crippen molar-refractivity contribution in [1.82, 2.24) is 9.55 Å². The first-order valence-corrected chi connectivity index (χ1v) is 6.28. The van der Waals surface area contributed by atoms with Crippen molar-refractivity contribution in [3.05, 3.63) is 30.1 Å². The lowest BCUT2D eigenvalue weighted by atomic mass is 9.95. The van der Waals surface area contributed by atoms with E-state index >= 15 is 0 Å². The van der Waals surface area contributed by atoms with Gasteiger partial charge in [0.05, 0.1) is 17.6 Å². The quantitative estimate of drug-likeness (QED) is 0.868. The second-order valence-corrected chi connectivity index (χ2v) is 5.38. The average molecular weight is 247 g/mol. The zero-order valence-corrected chi connectivity index (χ0v) is 11.2. The predicted molar refractivity (Wildman–Crippen MR) is 73.5 cm³/mol. The first-order valence-electron chi connectivity index (χ1n) is 6.28. The predicted octanol–water partition coefficient (Wildman–Crippen LogP) is 2.01. The number of aryl methyl sites for hydroxylation is 1. The highest BCUT2D eigenvalue weighted by Gasteiger charge is 2.23. The molecule has 0 aliphatic rings. The summed E-state index contributed by atoms with van der Waals surface area (Å²) in [6.07, 6.45) is 0.713. The molecule has 1 heterocycles. The van der Waals surface area contributed by atoms with E-state index in [1.807, 2.05) is 32.0 Å². The molecule has 98 valence electrons. The zero-order chi connectivity index (χ0) is 13.3. The number of imidazole rings is 1. The molecule has 0 saturated carbocycles. The molecule has 0 amide bonds. The minimum atomic E-state index is -0.558. The van der Waals surface area contributed by atoms with Crippen molar-refractivity contribution in [3.8, 4) is 0 Å². The Hall–Kier alpha value is -1.39. The van der Waals surface area contributed by atoms with E-state index < -0.39 is 5.54 Å². The normalized spacial score (nSPS) is 16.7. The number of aliphatic hydroxyl groups is 1. The molecule has 0 aliphatic carbocycles. The van der Waals surface area contributed by atoms with Crippen LogP contribution in [-0.4, -0.2) is 26.8 Å². The van der Waals surface area contributed by atoms with Crippen LogP contribution in [0.25, 0.3) is 11.0 Å². The molecule has 3 N–H and O–H groups in total. The lowest BCUT2D eigenvalue weighted by Gasteiger charge is -2.27. The van der Waals surface area contributed by atoms with E-state index in [9.17, 15) is 5.11 Å². The van der Waals surface area contributed by atoms with Crippen LogP contribution in [0.5, 0.6) is 0 Å². The number of aromatic nitrogens is 2. The molecule has 4 heteroatoms. The van der Waals surface area contributed by atoms with Gasteiger partial charge in [0.2, 0.25) is 0 Å². The second-order valence-electron chi connectivity index (χ2n) is 5.38. The molecule has 0 spiro atoms. The van der Waals surface area contributed by atoms with Gasteiger partial charge in [0.1, 0.15) is 5.82 Å². The standard InChI is InChI=1S/C14H21N3O/c1-10(8-14(3,15)9-18)17-11(2)16-12-6-4-5-7-13(12)17/h4-7,10,18H,8-9,15H2,1-3H3. The molecule has 2 aromatic rings. The maximum atomic E-state index is 9.27. The van der Waals surface area contributed by atoms with Crippen LogP contribution < -0.4 is 5.73 Å². The SMILES string of the molecule is Cc1nc2ccccc2n1C(C)CC(C)(N)CO. The maximum absolute atomic E-state index is 9.27. The average Bonchev–Trinajstić information content (AvgIpc) is 2.64. The van der Waals surface area contributed by atoms with E-state index in [2.05, 4.69) is 22.5 Å². The van der Waals surface area contributed by atoms with E-state index in [1.165, 1.54) is 0 Å². The Morgan fingerprint density at radius 2 is 2.11 bits per heavy atom. The van der Waals surface area contributed by atoms with Crippen LogP contribution >= 0.6 is 0 Å². The summed E-state index contributed by atoms with van der Waals surface area (Å²) >= 11 is 0. The number of nitrogens with zero attached hydrogens (tertiary/aromatic N) is 2. The van der Waals surface area contributed by atoms with Crippen molar-refractivity contribution in [1.29, 1.82) is 0 Å². The van der Waals surface area contributed by atoms with Crippen molar-refractivity contribution < 1.29 is 5.11 Å². The summed E-state index contributed by atoms with van der Waals surface area (Å²) in [5.74, 6) is 0.984. The Kier molecular flexibility index (Phi) is 3.41. The van der Waals surface area contributed by atoms with E-state index in [0.29, 0.717) is 6.42 Å². The van der Waals surface area contributed by atoms with Crippen LogP contribution in [0.1, 0.15) is 32.1 Å². The van der Waals surface area contributed by atoms with Gasteiger partial charge in [0, 0.05) is 11.6 Å². The number of aliphatic hydroxyl groups excluding tert-OH is 1. The van der Waals surface area contributed by atoms with Crippen molar-refractivity contribution in [2.75, 3.05) is 6.61 Å². The molecule has 18 heavy (non-hydrogen) atoms. The van der Waals surface area contributed by atoms with Gasteiger partial charge in [-0.2, -0.15) is 0 Å². The summed E-state index contributed by atoms with van der Waals surface area (Å²) in [5, 5.41) is 9.27. The van der Waals surface area contributed by atoms with Gasteiger partial charge >= 0.3 is 0 Å². The van der Waals surface area contributed by atoms with Gasteiger partial charge in [-0.3, -0.25) is 0 Å². The summed E-state index contributed by atoms with van der Waals surface area (Å²) in [6, 6.07) is 8.29. The van der Waals surface area contributed by atoms with Crippen LogP contribution in [0.3, 0.4) is 0 Å². The summed E-state index contributed by atoms with van der Waals surface area (Å²) < 4.78 is 2.19. The molecule has 1 aromatic carbocycles. The number of rotatable bonds is 4.